The molecule has 6 nitrogen and oxygen atoms in total. The van der Waals surface area contributed by atoms with Gasteiger partial charge in [-0.3, -0.25) is 14.1 Å². The van der Waals surface area contributed by atoms with Crippen LogP contribution in [0.2, 0.25) is 0 Å². The fraction of sp³-hybridized carbons (Fsp3) is 0. The fourth-order valence-corrected chi connectivity index (χ4v) is 2.70. The molecule has 0 saturated heterocycles. The van der Waals surface area contributed by atoms with Gasteiger partial charge in [-0.05, 0) is 30.3 Å². The maximum atomic E-state index is 12.3. The zero-order valence-electron chi connectivity index (χ0n) is 10.6. The van der Waals surface area contributed by atoms with Gasteiger partial charge in [-0.25, -0.2) is 4.90 Å². The van der Waals surface area contributed by atoms with Crippen LogP contribution in [0.25, 0.3) is 0 Å². The van der Waals surface area contributed by atoms with Crippen molar-refractivity contribution in [3.8, 4) is 0 Å². The third kappa shape index (κ3) is 2.60. The summed E-state index contributed by atoms with van der Waals surface area (Å²) in [5, 5.41) is 0. The van der Waals surface area contributed by atoms with Gasteiger partial charge in [0.1, 0.15) is 0 Å². The first-order valence-electron chi connectivity index (χ1n) is 5.95. The zero-order chi connectivity index (χ0) is 15.2. The molecule has 108 valence electrons. The summed E-state index contributed by atoms with van der Waals surface area (Å²) < 4.78 is 31.3. The Morgan fingerprint density at radius 3 is 2.05 bits per heavy atom. The molecule has 8 heteroatoms. The van der Waals surface area contributed by atoms with E-state index in [-0.39, 0.29) is 30.0 Å². The number of nitrogens with zero attached hydrogens (tertiary/aromatic N) is 1. The van der Waals surface area contributed by atoms with Crippen molar-refractivity contribution in [3.63, 3.8) is 0 Å². The molecule has 0 aliphatic carbocycles. The van der Waals surface area contributed by atoms with Gasteiger partial charge in [-0.2, -0.15) is 8.42 Å². The van der Waals surface area contributed by atoms with Crippen LogP contribution in [-0.2, 0) is 10.1 Å². The molecule has 0 aromatic heterocycles. The summed E-state index contributed by atoms with van der Waals surface area (Å²) in [5.41, 5.74) is 0.465. The zero-order valence-corrected chi connectivity index (χ0v) is 11.4. The van der Waals surface area contributed by atoms with Crippen LogP contribution >= 0.6 is 0 Å². The van der Waals surface area contributed by atoms with Crippen molar-refractivity contribution in [3.05, 3.63) is 59.7 Å². The Labute approximate surface area is 138 Å². The van der Waals surface area contributed by atoms with Crippen LogP contribution in [0.4, 0.5) is 5.69 Å². The Bertz CT molecular complexity index is 864. The molecule has 2 aromatic rings. The third-order valence-corrected chi connectivity index (χ3v) is 4.02. The number of carbonyl (C=O) groups is 2. The fourth-order valence-electron chi connectivity index (χ4n) is 2.19. The number of hydrogen-bond donors (Lipinski definition) is 1. The molecule has 1 aliphatic heterocycles. The molecule has 2 aromatic carbocycles. The minimum absolute atomic E-state index is 0. The van der Waals surface area contributed by atoms with Crippen LogP contribution < -0.4 is 4.90 Å². The second-order valence-corrected chi connectivity index (χ2v) is 5.89. The van der Waals surface area contributed by atoms with E-state index < -0.39 is 26.8 Å². The van der Waals surface area contributed by atoms with Gasteiger partial charge in [-0.1, -0.05) is 18.2 Å². The van der Waals surface area contributed by atoms with E-state index in [9.17, 15) is 18.0 Å². The van der Waals surface area contributed by atoms with E-state index in [1.165, 1.54) is 6.07 Å². The molecule has 0 unspecified atom stereocenters. The topological polar surface area (TPSA) is 91.7 Å². The van der Waals surface area contributed by atoms with Crippen LogP contribution in [-0.4, -0.2) is 43.6 Å². The van der Waals surface area contributed by atoms with Crippen molar-refractivity contribution in [1.82, 2.24) is 0 Å². The third-order valence-electron chi connectivity index (χ3n) is 3.17. The maximum absolute atomic E-state index is 12.3. The van der Waals surface area contributed by atoms with Gasteiger partial charge >= 0.3 is 18.9 Å². The van der Waals surface area contributed by atoms with E-state index in [2.05, 4.69) is 0 Å². The number of anilines is 1. The van der Waals surface area contributed by atoms with Gasteiger partial charge < -0.3 is 0 Å². The number of amides is 2. The molecule has 0 atom stereocenters. The first-order chi connectivity index (χ1) is 9.89. The van der Waals surface area contributed by atoms with E-state index in [1.54, 1.807) is 30.3 Å². The molecular formula is C14H10LiNO5S. The van der Waals surface area contributed by atoms with Gasteiger partial charge in [0, 0.05) is 0 Å². The Morgan fingerprint density at radius 1 is 0.864 bits per heavy atom. The molecular weight excluding hydrogens is 301 g/mol. The number of fused-ring (bicyclic) bond motifs is 1. The van der Waals surface area contributed by atoms with Gasteiger partial charge in [-0.15, -0.1) is 0 Å². The predicted octanol–water partition coefficient (Wildman–Crippen LogP) is 1.09. The SMILES string of the molecule is O=C1c2ccc(S(=O)(=O)O)cc2C(=O)N1c1ccccc1.[LiH]. The molecule has 2 amide bonds. The molecule has 1 aliphatic rings. The number of benzene rings is 2. The second-order valence-electron chi connectivity index (χ2n) is 4.46. The van der Waals surface area contributed by atoms with Gasteiger partial charge in [0.2, 0.25) is 0 Å². The van der Waals surface area contributed by atoms with Crippen molar-refractivity contribution >= 4 is 46.5 Å². The van der Waals surface area contributed by atoms with Crippen LogP contribution in [0.5, 0.6) is 0 Å². The van der Waals surface area contributed by atoms with Crippen molar-refractivity contribution in [2.24, 2.45) is 0 Å². The molecule has 0 radical (unpaired) electrons. The minimum atomic E-state index is -4.43. The Hall–Kier alpha value is -1.91. The molecule has 3 rings (SSSR count). The number of rotatable bonds is 2. The number of imide groups is 1. The van der Waals surface area contributed by atoms with Crippen molar-refractivity contribution in [2.45, 2.75) is 4.90 Å². The van der Waals surface area contributed by atoms with Gasteiger partial charge in [0.05, 0.1) is 21.7 Å². The average Bonchev–Trinajstić information content (AvgIpc) is 2.70. The van der Waals surface area contributed by atoms with Gasteiger partial charge in [0.25, 0.3) is 21.9 Å². The van der Waals surface area contributed by atoms with Gasteiger partial charge in [0.15, 0.2) is 0 Å². The Kier molecular flexibility index (Phi) is 4.27. The van der Waals surface area contributed by atoms with E-state index >= 15 is 0 Å². The normalized spacial score (nSPS) is 13.8. The summed E-state index contributed by atoms with van der Waals surface area (Å²) in [5.74, 6) is -1.14. The molecule has 1 heterocycles. The Balaban J connectivity index is 0.00000176. The Morgan fingerprint density at radius 2 is 1.45 bits per heavy atom. The van der Waals surface area contributed by atoms with E-state index in [0.717, 1.165) is 17.0 Å². The summed E-state index contributed by atoms with van der Waals surface area (Å²) >= 11 is 0. The number of hydrogen-bond acceptors (Lipinski definition) is 4. The van der Waals surface area contributed by atoms with E-state index in [1.807, 2.05) is 0 Å². The average molecular weight is 311 g/mol. The summed E-state index contributed by atoms with van der Waals surface area (Å²) in [6.45, 7) is 0. The van der Waals surface area contributed by atoms with Crippen molar-refractivity contribution < 1.29 is 22.6 Å². The summed E-state index contributed by atoms with van der Waals surface area (Å²) in [7, 11) is -4.43. The second kappa shape index (κ2) is 5.70. The van der Waals surface area contributed by atoms with Crippen LogP contribution in [0.3, 0.4) is 0 Å². The molecule has 0 bridgehead atoms. The molecule has 1 N–H and O–H groups in total. The first kappa shape index (κ1) is 16.5. The standard InChI is InChI=1S/C14H9NO5S.Li.H/c16-13-11-7-6-10(21(18,19)20)8-12(11)14(17)15(13)9-4-2-1-3-5-9;;/h1-8H,(H,18,19,20);;. The number of para-hydroxylation sites is 1. The first-order valence-corrected chi connectivity index (χ1v) is 7.39. The molecule has 0 spiro atoms. The van der Waals surface area contributed by atoms with E-state index in [4.69, 9.17) is 4.55 Å². The molecule has 22 heavy (non-hydrogen) atoms. The monoisotopic (exact) mass is 311 g/mol. The van der Waals surface area contributed by atoms with Crippen LogP contribution in [0.15, 0.2) is 53.4 Å². The number of carbonyl (C=O) groups excluding carboxylic acids is 2. The van der Waals surface area contributed by atoms with Crippen LogP contribution in [0.1, 0.15) is 20.7 Å². The quantitative estimate of drug-likeness (QED) is 0.509. The molecule has 0 saturated carbocycles. The molecule has 0 fully saturated rings. The van der Waals surface area contributed by atoms with Crippen molar-refractivity contribution in [2.75, 3.05) is 4.90 Å². The van der Waals surface area contributed by atoms with Crippen molar-refractivity contribution in [1.29, 1.82) is 0 Å². The summed E-state index contributed by atoms with van der Waals surface area (Å²) in [6, 6.07) is 11.6. The summed E-state index contributed by atoms with van der Waals surface area (Å²) in [6.07, 6.45) is 0. The van der Waals surface area contributed by atoms with E-state index in [0.29, 0.717) is 5.69 Å². The van der Waals surface area contributed by atoms with Crippen LogP contribution in [0, 0.1) is 0 Å². The summed E-state index contributed by atoms with van der Waals surface area (Å²) in [4.78, 5) is 25.1. The predicted molar refractivity (Wildman–Crippen MR) is 81.0 cm³/mol.